The Kier molecular flexibility index (Phi) is 6.74. The molecule has 0 aliphatic carbocycles. The molecule has 1 N–H and O–H groups in total. The van der Waals surface area contributed by atoms with Gasteiger partial charge in [0.25, 0.3) is 5.91 Å². The summed E-state index contributed by atoms with van der Waals surface area (Å²) in [6.45, 7) is 5.02. The van der Waals surface area contributed by atoms with Crippen molar-refractivity contribution < 1.29 is 17.9 Å². The van der Waals surface area contributed by atoms with E-state index in [4.69, 9.17) is 4.74 Å². The van der Waals surface area contributed by atoms with Crippen molar-refractivity contribution in [2.75, 3.05) is 19.7 Å². The van der Waals surface area contributed by atoms with Gasteiger partial charge in [0.05, 0.1) is 0 Å². The number of nitrogens with one attached hydrogen (secondary N) is 1. The summed E-state index contributed by atoms with van der Waals surface area (Å²) in [7, 11) is -3.70. The van der Waals surface area contributed by atoms with Gasteiger partial charge in [-0.1, -0.05) is 19.8 Å². The van der Waals surface area contributed by atoms with Crippen molar-refractivity contribution in [2.24, 2.45) is 0 Å². The summed E-state index contributed by atoms with van der Waals surface area (Å²) in [5.74, 6) is -0.596. The average Bonchev–Trinajstić information content (AvgIpc) is 2.39. The maximum Gasteiger partial charge on any atom is 0.303 e. The van der Waals surface area contributed by atoms with E-state index in [0.29, 0.717) is 19.7 Å². The smallest absolute Gasteiger partial charge is 0.303 e. The number of nitrogens with zero attached hydrogens (tertiary/aromatic N) is 1. The number of carbonyl (C=O) groups is 1. The predicted octanol–water partition coefficient (Wildman–Crippen LogP) is 1.04. The van der Waals surface area contributed by atoms with Crippen LogP contribution in [0.4, 0.5) is 0 Å². The number of piperidine rings is 1. The lowest BCUT2D eigenvalue weighted by Gasteiger charge is -2.26. The molecule has 1 amide bonds. The van der Waals surface area contributed by atoms with E-state index in [1.165, 1.54) is 4.31 Å². The van der Waals surface area contributed by atoms with E-state index in [9.17, 15) is 13.2 Å². The van der Waals surface area contributed by atoms with Crippen LogP contribution in [-0.2, 0) is 19.7 Å². The van der Waals surface area contributed by atoms with Crippen LogP contribution in [0.15, 0.2) is 0 Å². The monoisotopic (exact) mass is 292 g/mol. The number of carbonyl (C=O) groups excluding carboxylic acids is 1. The van der Waals surface area contributed by atoms with Gasteiger partial charge in [0, 0.05) is 19.7 Å². The lowest BCUT2D eigenvalue weighted by Crippen LogP contribution is -2.48. The molecule has 7 heteroatoms. The number of ether oxygens (including phenoxy) is 1. The summed E-state index contributed by atoms with van der Waals surface area (Å²) in [5.41, 5.74) is 0. The van der Waals surface area contributed by atoms with Gasteiger partial charge in [0.1, 0.15) is 6.10 Å². The van der Waals surface area contributed by atoms with Crippen molar-refractivity contribution >= 4 is 16.1 Å². The number of unbranched alkanes of at least 4 members (excludes halogenated alkanes) is 1. The van der Waals surface area contributed by atoms with Gasteiger partial charge in [0.15, 0.2) is 0 Å². The highest BCUT2D eigenvalue weighted by Crippen LogP contribution is 2.12. The zero-order chi connectivity index (χ0) is 14.3. The highest BCUT2D eigenvalue weighted by molar-refractivity contribution is 7.87. The van der Waals surface area contributed by atoms with Crippen molar-refractivity contribution in [3.8, 4) is 0 Å². The molecule has 0 aromatic rings. The zero-order valence-electron chi connectivity index (χ0n) is 11.7. The Morgan fingerprint density at radius 2 is 1.95 bits per heavy atom. The maximum absolute atomic E-state index is 12.0. The van der Waals surface area contributed by atoms with Crippen LogP contribution >= 0.6 is 0 Å². The standard InChI is InChI=1S/C12H24N2O4S/c1-3-4-10-18-11(2)12(15)13-19(16,17)14-8-6-5-7-9-14/h11H,3-10H2,1-2H3,(H,13,15). The number of hydrogen-bond acceptors (Lipinski definition) is 4. The molecular weight excluding hydrogens is 268 g/mol. The summed E-state index contributed by atoms with van der Waals surface area (Å²) in [6.07, 6.45) is 3.81. The molecule has 1 aliphatic heterocycles. The van der Waals surface area contributed by atoms with Crippen molar-refractivity contribution in [2.45, 2.75) is 52.1 Å². The molecule has 0 radical (unpaired) electrons. The van der Waals surface area contributed by atoms with Gasteiger partial charge in [0.2, 0.25) is 0 Å². The van der Waals surface area contributed by atoms with Crippen molar-refractivity contribution in [3.63, 3.8) is 0 Å². The molecule has 1 rings (SSSR count). The van der Waals surface area contributed by atoms with E-state index in [-0.39, 0.29) is 0 Å². The van der Waals surface area contributed by atoms with Crippen LogP contribution in [0.25, 0.3) is 0 Å². The minimum Gasteiger partial charge on any atom is -0.369 e. The summed E-state index contributed by atoms with van der Waals surface area (Å²) in [6, 6.07) is 0. The molecular formula is C12H24N2O4S. The van der Waals surface area contributed by atoms with E-state index >= 15 is 0 Å². The van der Waals surface area contributed by atoms with Crippen LogP contribution < -0.4 is 4.72 Å². The molecule has 1 unspecified atom stereocenters. The third-order valence-corrected chi connectivity index (χ3v) is 4.62. The number of amides is 1. The van der Waals surface area contributed by atoms with Gasteiger partial charge in [-0.25, -0.2) is 4.72 Å². The van der Waals surface area contributed by atoms with Gasteiger partial charge in [-0.2, -0.15) is 12.7 Å². The fourth-order valence-electron chi connectivity index (χ4n) is 1.86. The van der Waals surface area contributed by atoms with E-state index in [1.807, 2.05) is 6.92 Å². The van der Waals surface area contributed by atoms with E-state index < -0.39 is 22.2 Å². The molecule has 0 aromatic heterocycles. The van der Waals surface area contributed by atoms with Gasteiger partial charge in [-0.05, 0) is 26.2 Å². The molecule has 0 aromatic carbocycles. The van der Waals surface area contributed by atoms with Crippen LogP contribution in [0.1, 0.15) is 46.0 Å². The van der Waals surface area contributed by atoms with E-state index in [2.05, 4.69) is 4.72 Å². The van der Waals surface area contributed by atoms with Crippen LogP contribution in [0.3, 0.4) is 0 Å². The number of rotatable bonds is 7. The van der Waals surface area contributed by atoms with Gasteiger partial charge < -0.3 is 4.74 Å². The fourth-order valence-corrected chi connectivity index (χ4v) is 3.15. The molecule has 0 bridgehead atoms. The highest BCUT2D eigenvalue weighted by atomic mass is 32.2. The fraction of sp³-hybridized carbons (Fsp3) is 0.917. The summed E-state index contributed by atoms with van der Waals surface area (Å²) in [5, 5.41) is 0. The lowest BCUT2D eigenvalue weighted by molar-refractivity contribution is -0.129. The van der Waals surface area contributed by atoms with E-state index in [1.54, 1.807) is 6.92 Å². The zero-order valence-corrected chi connectivity index (χ0v) is 12.5. The maximum atomic E-state index is 12.0. The van der Waals surface area contributed by atoms with Crippen molar-refractivity contribution in [1.29, 1.82) is 0 Å². The van der Waals surface area contributed by atoms with Gasteiger partial charge >= 0.3 is 10.2 Å². The molecule has 19 heavy (non-hydrogen) atoms. The predicted molar refractivity (Wildman–Crippen MR) is 72.8 cm³/mol. The Balaban J connectivity index is 2.45. The van der Waals surface area contributed by atoms with Gasteiger partial charge in [-0.3, -0.25) is 4.79 Å². The minimum atomic E-state index is -3.70. The first-order chi connectivity index (χ1) is 8.97. The Morgan fingerprint density at radius 3 is 2.53 bits per heavy atom. The summed E-state index contributed by atoms with van der Waals surface area (Å²) < 4.78 is 32.6. The molecule has 1 saturated heterocycles. The first-order valence-electron chi connectivity index (χ1n) is 6.90. The molecule has 112 valence electrons. The highest BCUT2D eigenvalue weighted by Gasteiger charge is 2.27. The van der Waals surface area contributed by atoms with Crippen LogP contribution in [0.2, 0.25) is 0 Å². The second-order valence-corrected chi connectivity index (χ2v) is 6.47. The molecule has 0 spiro atoms. The molecule has 1 fully saturated rings. The second kappa shape index (κ2) is 7.81. The number of hydrogen-bond donors (Lipinski definition) is 1. The topological polar surface area (TPSA) is 75.7 Å². The SMILES string of the molecule is CCCCOC(C)C(=O)NS(=O)(=O)N1CCCCC1. The molecule has 0 saturated carbocycles. The third-order valence-electron chi connectivity index (χ3n) is 3.12. The Morgan fingerprint density at radius 1 is 1.32 bits per heavy atom. The first kappa shape index (κ1) is 16.4. The second-order valence-electron chi connectivity index (χ2n) is 4.80. The summed E-state index contributed by atoms with van der Waals surface area (Å²) >= 11 is 0. The quantitative estimate of drug-likeness (QED) is 0.711. The van der Waals surface area contributed by atoms with Crippen molar-refractivity contribution in [1.82, 2.24) is 9.03 Å². The van der Waals surface area contributed by atoms with Gasteiger partial charge in [-0.15, -0.1) is 0 Å². The summed E-state index contributed by atoms with van der Waals surface area (Å²) in [4.78, 5) is 11.8. The Bertz CT molecular complexity index is 377. The largest absolute Gasteiger partial charge is 0.369 e. The molecule has 1 heterocycles. The molecule has 1 aliphatic rings. The average molecular weight is 292 g/mol. The van der Waals surface area contributed by atoms with E-state index in [0.717, 1.165) is 32.1 Å². The Hall–Kier alpha value is -0.660. The van der Waals surface area contributed by atoms with Crippen LogP contribution in [0, 0.1) is 0 Å². The van der Waals surface area contributed by atoms with Crippen LogP contribution in [-0.4, -0.2) is 44.4 Å². The molecule has 6 nitrogen and oxygen atoms in total. The normalized spacial score (nSPS) is 19.1. The lowest BCUT2D eigenvalue weighted by atomic mass is 10.2. The Labute approximate surface area is 115 Å². The third kappa shape index (κ3) is 5.46. The van der Waals surface area contributed by atoms with Crippen LogP contribution in [0.5, 0.6) is 0 Å². The van der Waals surface area contributed by atoms with Crippen molar-refractivity contribution in [3.05, 3.63) is 0 Å². The minimum absolute atomic E-state index is 0.467. The first-order valence-corrected chi connectivity index (χ1v) is 8.34. The molecule has 1 atom stereocenters.